The lowest BCUT2D eigenvalue weighted by molar-refractivity contribution is 0.625. The van der Waals surface area contributed by atoms with Crippen molar-refractivity contribution in [3.63, 3.8) is 0 Å². The average Bonchev–Trinajstić information content (AvgIpc) is 2.47. The van der Waals surface area contributed by atoms with Gasteiger partial charge in [0, 0.05) is 5.39 Å². The molecule has 0 aliphatic rings. The predicted octanol–water partition coefficient (Wildman–Crippen LogP) is 5.45. The van der Waals surface area contributed by atoms with Gasteiger partial charge in [0.1, 0.15) is 11.6 Å². The van der Waals surface area contributed by atoms with Crippen LogP contribution in [-0.4, -0.2) is 0 Å². The third-order valence-corrected chi connectivity index (χ3v) is 3.81. The van der Waals surface area contributed by atoms with E-state index in [0.29, 0.717) is 10.9 Å². The molecule has 0 saturated heterocycles. The number of alkyl halides is 1. The Labute approximate surface area is 120 Å². The van der Waals surface area contributed by atoms with Crippen LogP contribution in [0.25, 0.3) is 10.8 Å². The zero-order chi connectivity index (χ0) is 14.1. The molecule has 0 aliphatic carbocycles. The molecule has 0 aromatic heterocycles. The van der Waals surface area contributed by atoms with Crippen LogP contribution in [0.2, 0.25) is 0 Å². The Hall–Kier alpha value is -1.93. The van der Waals surface area contributed by atoms with Gasteiger partial charge in [0.2, 0.25) is 0 Å². The van der Waals surface area contributed by atoms with E-state index in [2.05, 4.69) is 0 Å². The van der Waals surface area contributed by atoms with E-state index in [1.54, 1.807) is 30.3 Å². The molecular formula is C17H11ClF2. The summed E-state index contributed by atoms with van der Waals surface area (Å²) in [6.45, 7) is 0. The third-order valence-electron chi connectivity index (χ3n) is 3.32. The van der Waals surface area contributed by atoms with Gasteiger partial charge >= 0.3 is 0 Å². The summed E-state index contributed by atoms with van der Waals surface area (Å²) < 4.78 is 27.1. The summed E-state index contributed by atoms with van der Waals surface area (Å²) in [5, 5.41) is 0.750. The molecule has 0 saturated carbocycles. The second kappa shape index (κ2) is 5.22. The summed E-state index contributed by atoms with van der Waals surface area (Å²) in [6.07, 6.45) is 0. The molecule has 0 aliphatic heterocycles. The van der Waals surface area contributed by atoms with Gasteiger partial charge in [-0.15, -0.1) is 11.6 Å². The van der Waals surface area contributed by atoms with Crippen LogP contribution >= 0.6 is 11.6 Å². The van der Waals surface area contributed by atoms with Crippen molar-refractivity contribution >= 4 is 22.4 Å². The molecule has 1 atom stereocenters. The van der Waals surface area contributed by atoms with Crippen molar-refractivity contribution in [2.24, 2.45) is 0 Å². The zero-order valence-corrected chi connectivity index (χ0v) is 11.2. The molecule has 20 heavy (non-hydrogen) atoms. The number of benzene rings is 3. The maximum atomic E-state index is 13.8. The topological polar surface area (TPSA) is 0 Å². The van der Waals surface area contributed by atoms with Crippen LogP contribution in [0, 0.1) is 11.6 Å². The van der Waals surface area contributed by atoms with E-state index in [-0.39, 0.29) is 11.6 Å². The first-order valence-electron chi connectivity index (χ1n) is 6.23. The minimum absolute atomic E-state index is 0.285. The second-order valence-corrected chi connectivity index (χ2v) is 5.04. The van der Waals surface area contributed by atoms with Gasteiger partial charge in [-0.3, -0.25) is 0 Å². The van der Waals surface area contributed by atoms with E-state index in [0.717, 1.165) is 10.9 Å². The van der Waals surface area contributed by atoms with Crippen molar-refractivity contribution in [3.8, 4) is 0 Å². The summed E-state index contributed by atoms with van der Waals surface area (Å²) in [4.78, 5) is 0. The summed E-state index contributed by atoms with van der Waals surface area (Å²) in [5.74, 6) is -0.618. The molecule has 3 rings (SSSR count). The Morgan fingerprint density at radius 3 is 2.30 bits per heavy atom. The fourth-order valence-corrected chi connectivity index (χ4v) is 2.68. The van der Waals surface area contributed by atoms with Crippen LogP contribution in [0.15, 0.2) is 60.7 Å². The highest BCUT2D eigenvalue weighted by atomic mass is 35.5. The van der Waals surface area contributed by atoms with Gasteiger partial charge in [0.05, 0.1) is 5.38 Å². The van der Waals surface area contributed by atoms with Gasteiger partial charge in [0.15, 0.2) is 0 Å². The van der Waals surface area contributed by atoms with Crippen LogP contribution in [0.3, 0.4) is 0 Å². The Morgan fingerprint density at radius 2 is 1.55 bits per heavy atom. The first kappa shape index (κ1) is 13.1. The lowest BCUT2D eigenvalue weighted by Gasteiger charge is -2.14. The van der Waals surface area contributed by atoms with Gasteiger partial charge in [-0.25, -0.2) is 8.78 Å². The van der Waals surface area contributed by atoms with Crippen molar-refractivity contribution in [3.05, 3.63) is 83.4 Å². The normalized spacial score (nSPS) is 12.6. The number of hydrogen-bond donors (Lipinski definition) is 0. The molecular weight excluding hydrogens is 278 g/mol. The van der Waals surface area contributed by atoms with E-state index < -0.39 is 5.38 Å². The van der Waals surface area contributed by atoms with Gasteiger partial charge in [-0.1, -0.05) is 42.5 Å². The zero-order valence-electron chi connectivity index (χ0n) is 10.5. The molecule has 1 unspecified atom stereocenters. The molecule has 0 fully saturated rings. The summed E-state index contributed by atoms with van der Waals surface area (Å²) in [5.41, 5.74) is 1.43. The maximum Gasteiger partial charge on any atom is 0.131 e. The predicted molar refractivity (Wildman–Crippen MR) is 78.0 cm³/mol. The Morgan fingerprint density at radius 1 is 0.800 bits per heavy atom. The van der Waals surface area contributed by atoms with Crippen LogP contribution < -0.4 is 0 Å². The highest BCUT2D eigenvalue weighted by Gasteiger charge is 2.15. The van der Waals surface area contributed by atoms with E-state index in [1.165, 1.54) is 18.2 Å². The smallest absolute Gasteiger partial charge is 0.131 e. The molecule has 0 amide bonds. The molecule has 3 aromatic carbocycles. The van der Waals surface area contributed by atoms with Gasteiger partial charge < -0.3 is 0 Å². The molecule has 3 heteroatoms. The van der Waals surface area contributed by atoms with E-state index in [9.17, 15) is 8.78 Å². The lowest BCUT2D eigenvalue weighted by Crippen LogP contribution is -1.96. The summed E-state index contributed by atoms with van der Waals surface area (Å²) in [7, 11) is 0. The van der Waals surface area contributed by atoms with E-state index in [4.69, 9.17) is 11.6 Å². The fourth-order valence-electron chi connectivity index (χ4n) is 2.35. The molecule has 0 nitrogen and oxygen atoms in total. The average molecular weight is 289 g/mol. The number of rotatable bonds is 2. The van der Waals surface area contributed by atoms with Crippen LogP contribution in [-0.2, 0) is 0 Å². The SMILES string of the molecule is Fc1cccc(C(Cl)c2ccc(F)c3ccccc23)c1. The Kier molecular flexibility index (Phi) is 3.41. The number of fused-ring (bicyclic) bond motifs is 1. The second-order valence-electron chi connectivity index (χ2n) is 4.60. The van der Waals surface area contributed by atoms with Crippen molar-refractivity contribution in [1.82, 2.24) is 0 Å². The molecule has 3 aromatic rings. The van der Waals surface area contributed by atoms with Gasteiger partial charge in [0.25, 0.3) is 0 Å². The maximum absolute atomic E-state index is 13.8. The van der Waals surface area contributed by atoms with Crippen LogP contribution in [0.1, 0.15) is 16.5 Å². The molecule has 0 spiro atoms. The highest BCUT2D eigenvalue weighted by molar-refractivity contribution is 6.23. The molecule has 0 bridgehead atoms. The monoisotopic (exact) mass is 288 g/mol. The quantitative estimate of drug-likeness (QED) is 0.550. The number of halogens is 3. The van der Waals surface area contributed by atoms with Crippen molar-refractivity contribution < 1.29 is 8.78 Å². The lowest BCUT2D eigenvalue weighted by atomic mass is 9.97. The number of hydrogen-bond acceptors (Lipinski definition) is 0. The summed E-state index contributed by atoms with van der Waals surface area (Å²) >= 11 is 6.45. The first-order chi connectivity index (χ1) is 9.66. The summed E-state index contributed by atoms with van der Waals surface area (Å²) in [6, 6.07) is 16.3. The minimum atomic E-state index is -0.517. The standard InChI is InChI=1S/C17H11ClF2/c18-17(11-4-3-5-12(19)10-11)15-8-9-16(20)14-7-2-1-6-13(14)15/h1-10,17H. The molecule has 0 N–H and O–H groups in total. The Balaban J connectivity index is 2.17. The first-order valence-corrected chi connectivity index (χ1v) is 6.67. The minimum Gasteiger partial charge on any atom is -0.207 e. The van der Waals surface area contributed by atoms with Crippen LogP contribution in [0.5, 0.6) is 0 Å². The molecule has 0 radical (unpaired) electrons. The van der Waals surface area contributed by atoms with Gasteiger partial charge in [-0.05, 0) is 34.7 Å². The molecule has 0 heterocycles. The largest absolute Gasteiger partial charge is 0.207 e. The van der Waals surface area contributed by atoms with Crippen LogP contribution in [0.4, 0.5) is 8.78 Å². The fraction of sp³-hybridized carbons (Fsp3) is 0.0588. The van der Waals surface area contributed by atoms with E-state index >= 15 is 0 Å². The highest BCUT2D eigenvalue weighted by Crippen LogP contribution is 2.34. The van der Waals surface area contributed by atoms with E-state index in [1.807, 2.05) is 12.1 Å². The Bertz CT molecular complexity index is 768. The van der Waals surface area contributed by atoms with Crippen molar-refractivity contribution in [1.29, 1.82) is 0 Å². The third kappa shape index (κ3) is 2.27. The van der Waals surface area contributed by atoms with Crippen molar-refractivity contribution in [2.45, 2.75) is 5.38 Å². The molecule has 100 valence electrons. The van der Waals surface area contributed by atoms with Crippen molar-refractivity contribution in [2.75, 3.05) is 0 Å². The van der Waals surface area contributed by atoms with Gasteiger partial charge in [-0.2, -0.15) is 0 Å².